The topological polar surface area (TPSA) is 57.5 Å². The monoisotopic (exact) mass is 190 g/mol. The van der Waals surface area contributed by atoms with E-state index in [1.54, 1.807) is 12.1 Å². The molecule has 0 aliphatic heterocycles. The summed E-state index contributed by atoms with van der Waals surface area (Å²) in [5, 5.41) is 18.5. The first-order chi connectivity index (χ1) is 6.70. The molecule has 0 radical (unpaired) electrons. The maximum Gasteiger partial charge on any atom is 0.339 e. The molecule has 0 atom stereocenters. The van der Waals surface area contributed by atoms with Crippen molar-refractivity contribution in [2.45, 2.75) is 12.8 Å². The Morgan fingerprint density at radius 1 is 1.36 bits per heavy atom. The van der Waals surface area contributed by atoms with Gasteiger partial charge >= 0.3 is 5.97 Å². The fourth-order valence-electron chi connectivity index (χ4n) is 1.67. The largest absolute Gasteiger partial charge is 0.506 e. The summed E-state index contributed by atoms with van der Waals surface area (Å²) < 4.78 is 0. The van der Waals surface area contributed by atoms with Crippen LogP contribution in [-0.4, -0.2) is 16.2 Å². The van der Waals surface area contributed by atoms with Gasteiger partial charge in [-0.15, -0.1) is 0 Å². The van der Waals surface area contributed by atoms with Gasteiger partial charge in [-0.25, -0.2) is 4.79 Å². The minimum Gasteiger partial charge on any atom is -0.506 e. The van der Waals surface area contributed by atoms with Gasteiger partial charge in [0.25, 0.3) is 0 Å². The molecule has 14 heavy (non-hydrogen) atoms. The van der Waals surface area contributed by atoms with Crippen molar-refractivity contribution in [2.24, 2.45) is 0 Å². The lowest BCUT2D eigenvalue weighted by Crippen LogP contribution is -2.01. The van der Waals surface area contributed by atoms with Crippen LogP contribution >= 0.6 is 0 Å². The number of aromatic carboxylic acids is 1. The predicted octanol–water partition coefficient (Wildman–Crippen LogP) is 2.05. The second kappa shape index (κ2) is 3.18. The number of hydrogen-bond donors (Lipinski definition) is 2. The van der Waals surface area contributed by atoms with Crippen LogP contribution in [0.15, 0.2) is 18.2 Å². The van der Waals surface area contributed by atoms with Crippen molar-refractivity contribution in [3.05, 3.63) is 34.9 Å². The molecule has 0 saturated carbocycles. The highest BCUT2D eigenvalue weighted by Gasteiger charge is 2.16. The van der Waals surface area contributed by atoms with Crippen LogP contribution in [-0.2, 0) is 6.42 Å². The van der Waals surface area contributed by atoms with E-state index >= 15 is 0 Å². The van der Waals surface area contributed by atoms with Crippen LogP contribution in [0.1, 0.15) is 27.9 Å². The number of aryl methyl sites for hydroxylation is 1. The van der Waals surface area contributed by atoms with Gasteiger partial charge in [-0.3, -0.25) is 0 Å². The molecule has 3 heteroatoms. The average Bonchev–Trinajstić information content (AvgIpc) is 2.18. The molecule has 0 bridgehead atoms. The van der Waals surface area contributed by atoms with Crippen molar-refractivity contribution in [1.29, 1.82) is 0 Å². The number of aromatic hydroxyl groups is 1. The number of carboxylic acid groups (broad SMARTS) is 1. The summed E-state index contributed by atoms with van der Waals surface area (Å²) >= 11 is 0. The molecule has 2 N–H and O–H groups in total. The minimum atomic E-state index is -1.09. The minimum absolute atomic E-state index is 0.0321. The molecule has 0 fully saturated rings. The van der Waals surface area contributed by atoms with Gasteiger partial charge < -0.3 is 10.2 Å². The number of rotatable bonds is 1. The lowest BCUT2D eigenvalue weighted by Gasteiger charge is -2.12. The van der Waals surface area contributed by atoms with E-state index in [-0.39, 0.29) is 11.3 Å². The van der Waals surface area contributed by atoms with Crippen molar-refractivity contribution < 1.29 is 15.0 Å². The molecule has 1 aromatic carbocycles. The first-order valence-corrected chi connectivity index (χ1v) is 4.45. The standard InChI is InChI=1S/C11H10O3/c12-10-8-4-2-1-3-7(8)5-6-9(10)11(13)14/h2,4-6,12H,1,3H2,(H,13,14). The zero-order valence-corrected chi connectivity index (χ0v) is 7.53. The van der Waals surface area contributed by atoms with Crippen molar-refractivity contribution >= 4 is 12.0 Å². The maximum absolute atomic E-state index is 10.7. The molecule has 0 heterocycles. The van der Waals surface area contributed by atoms with E-state index in [1.807, 2.05) is 6.08 Å². The molecule has 2 rings (SSSR count). The number of phenols is 1. The Morgan fingerprint density at radius 3 is 2.86 bits per heavy atom. The normalized spacial score (nSPS) is 13.7. The summed E-state index contributed by atoms with van der Waals surface area (Å²) in [7, 11) is 0. The second-order valence-electron chi connectivity index (χ2n) is 3.28. The van der Waals surface area contributed by atoms with Gasteiger partial charge in [0.05, 0.1) is 0 Å². The molecule has 1 aliphatic carbocycles. The van der Waals surface area contributed by atoms with Crippen molar-refractivity contribution in [3.8, 4) is 5.75 Å². The first kappa shape index (κ1) is 8.81. The van der Waals surface area contributed by atoms with E-state index in [0.29, 0.717) is 5.56 Å². The molecule has 3 nitrogen and oxygen atoms in total. The van der Waals surface area contributed by atoms with Gasteiger partial charge in [0.2, 0.25) is 0 Å². The maximum atomic E-state index is 10.7. The molecule has 0 saturated heterocycles. The van der Waals surface area contributed by atoms with Crippen molar-refractivity contribution in [2.75, 3.05) is 0 Å². The van der Waals surface area contributed by atoms with Gasteiger partial charge in [0, 0.05) is 5.56 Å². The van der Waals surface area contributed by atoms with E-state index in [1.165, 1.54) is 6.07 Å². The zero-order chi connectivity index (χ0) is 10.1. The van der Waals surface area contributed by atoms with Crippen LogP contribution in [0.3, 0.4) is 0 Å². The molecule has 72 valence electrons. The molecule has 0 spiro atoms. The summed E-state index contributed by atoms with van der Waals surface area (Å²) in [4.78, 5) is 10.7. The number of allylic oxidation sites excluding steroid dienone is 1. The first-order valence-electron chi connectivity index (χ1n) is 4.45. The highest BCUT2D eigenvalue weighted by molar-refractivity contribution is 5.92. The summed E-state index contributed by atoms with van der Waals surface area (Å²) in [5.41, 5.74) is 1.63. The third-order valence-electron chi connectivity index (χ3n) is 2.40. The Morgan fingerprint density at radius 2 is 2.14 bits per heavy atom. The summed E-state index contributed by atoms with van der Waals surface area (Å²) in [6.07, 6.45) is 5.52. The molecule has 0 unspecified atom stereocenters. The molecule has 0 aromatic heterocycles. The molecular weight excluding hydrogens is 180 g/mol. The second-order valence-corrected chi connectivity index (χ2v) is 3.28. The third kappa shape index (κ3) is 1.27. The van der Waals surface area contributed by atoms with Crippen molar-refractivity contribution in [3.63, 3.8) is 0 Å². The average molecular weight is 190 g/mol. The number of fused-ring (bicyclic) bond motifs is 1. The van der Waals surface area contributed by atoms with Crippen LogP contribution < -0.4 is 0 Å². The van der Waals surface area contributed by atoms with E-state index < -0.39 is 5.97 Å². The SMILES string of the molecule is O=C(O)c1ccc2c(c1O)C=CCC2. The molecule has 0 amide bonds. The Bertz CT molecular complexity index is 419. The number of hydrogen-bond acceptors (Lipinski definition) is 2. The fourth-order valence-corrected chi connectivity index (χ4v) is 1.67. The summed E-state index contributed by atoms with van der Waals surface area (Å²) in [6, 6.07) is 3.22. The van der Waals surface area contributed by atoms with Gasteiger partial charge in [-0.05, 0) is 24.5 Å². The highest BCUT2D eigenvalue weighted by atomic mass is 16.4. The van der Waals surface area contributed by atoms with Crippen LogP contribution in [0.2, 0.25) is 0 Å². The number of benzene rings is 1. The molecule has 1 aromatic rings. The van der Waals surface area contributed by atoms with Gasteiger partial charge in [0.15, 0.2) is 0 Å². The lowest BCUT2D eigenvalue weighted by atomic mass is 9.94. The van der Waals surface area contributed by atoms with Gasteiger partial charge in [-0.1, -0.05) is 18.2 Å². The van der Waals surface area contributed by atoms with E-state index in [2.05, 4.69) is 0 Å². The highest BCUT2D eigenvalue weighted by Crippen LogP contribution is 2.30. The Balaban J connectivity index is 2.62. The Labute approximate surface area is 81.3 Å². The van der Waals surface area contributed by atoms with E-state index in [9.17, 15) is 9.90 Å². The quantitative estimate of drug-likeness (QED) is 0.712. The number of carbonyl (C=O) groups is 1. The zero-order valence-electron chi connectivity index (χ0n) is 7.53. The number of carboxylic acids is 1. The Kier molecular flexibility index (Phi) is 2.00. The van der Waals surface area contributed by atoms with Gasteiger partial charge in [-0.2, -0.15) is 0 Å². The Hall–Kier alpha value is -1.77. The van der Waals surface area contributed by atoms with Crippen LogP contribution in [0.4, 0.5) is 0 Å². The summed E-state index contributed by atoms with van der Waals surface area (Å²) in [5.74, 6) is -1.21. The third-order valence-corrected chi connectivity index (χ3v) is 2.40. The van der Waals surface area contributed by atoms with Crippen LogP contribution in [0.5, 0.6) is 5.75 Å². The smallest absolute Gasteiger partial charge is 0.339 e. The molecule has 1 aliphatic rings. The predicted molar refractivity (Wildman–Crippen MR) is 52.4 cm³/mol. The van der Waals surface area contributed by atoms with Crippen LogP contribution in [0.25, 0.3) is 6.08 Å². The van der Waals surface area contributed by atoms with Gasteiger partial charge in [0.1, 0.15) is 11.3 Å². The summed E-state index contributed by atoms with van der Waals surface area (Å²) in [6.45, 7) is 0. The van der Waals surface area contributed by atoms with Crippen LogP contribution in [0, 0.1) is 0 Å². The van der Waals surface area contributed by atoms with E-state index in [4.69, 9.17) is 5.11 Å². The van der Waals surface area contributed by atoms with E-state index in [0.717, 1.165) is 18.4 Å². The fraction of sp³-hybridized carbons (Fsp3) is 0.182. The lowest BCUT2D eigenvalue weighted by molar-refractivity contribution is 0.0693. The van der Waals surface area contributed by atoms with Crippen molar-refractivity contribution in [1.82, 2.24) is 0 Å². The molecular formula is C11H10O3.